The second kappa shape index (κ2) is 7.32. The first-order valence-electron chi connectivity index (χ1n) is 11.5. The van der Waals surface area contributed by atoms with Crippen LogP contribution in [0.3, 0.4) is 0 Å². The molecule has 2 saturated heterocycles. The van der Waals surface area contributed by atoms with E-state index in [-0.39, 0.29) is 17.9 Å². The molecule has 2 aromatic carbocycles. The van der Waals surface area contributed by atoms with Gasteiger partial charge in [-0.15, -0.1) is 0 Å². The number of anilines is 1. The molecule has 0 aliphatic carbocycles. The lowest BCUT2D eigenvalue weighted by Gasteiger charge is -2.24. The number of hydrogen-bond acceptors (Lipinski definition) is 3. The second-order valence-electron chi connectivity index (χ2n) is 9.58. The number of nitrogens with zero attached hydrogens (tertiary/aromatic N) is 1. The van der Waals surface area contributed by atoms with E-state index in [1.165, 1.54) is 10.9 Å². The third-order valence-corrected chi connectivity index (χ3v) is 7.46. The molecule has 4 atom stereocenters. The van der Waals surface area contributed by atoms with Gasteiger partial charge in [0.25, 0.3) is 0 Å². The highest BCUT2D eigenvalue weighted by molar-refractivity contribution is 5.99. The number of likely N-dealkylation sites (tertiary alicyclic amines) is 1. The predicted molar refractivity (Wildman–Crippen MR) is 127 cm³/mol. The van der Waals surface area contributed by atoms with Crippen LogP contribution in [0.5, 0.6) is 0 Å². The fourth-order valence-corrected chi connectivity index (χ4v) is 5.75. The number of para-hydroxylation sites is 1. The maximum atomic E-state index is 13.5. The number of ether oxygens (including phenoxy) is 1. The standard InChI is InChI=1S/C27H27N3O3/c1-16-7-8-17(2)21(13-16)29-25(31)23-22-9-11-27(33-22)15-30(26(32)24(23)27)12-10-18-14-28-20-6-4-3-5-19(18)20/h3-9,11,13-14,22-24,28H,10,12,15H2,1-2H3,(H,29,31)/t22-,23-,24-,27+/m1/s1. The summed E-state index contributed by atoms with van der Waals surface area (Å²) >= 11 is 0. The molecular formula is C27H27N3O3. The molecule has 2 amide bonds. The van der Waals surface area contributed by atoms with Crippen LogP contribution in [0.25, 0.3) is 10.9 Å². The van der Waals surface area contributed by atoms with Gasteiger partial charge >= 0.3 is 0 Å². The summed E-state index contributed by atoms with van der Waals surface area (Å²) in [6, 6.07) is 14.2. The molecule has 0 unspecified atom stereocenters. The molecular weight excluding hydrogens is 414 g/mol. The topological polar surface area (TPSA) is 74.4 Å². The van der Waals surface area contributed by atoms with Gasteiger partial charge in [-0.3, -0.25) is 9.59 Å². The molecule has 1 aromatic heterocycles. The molecule has 2 N–H and O–H groups in total. The quantitative estimate of drug-likeness (QED) is 0.593. The van der Waals surface area contributed by atoms with E-state index in [9.17, 15) is 9.59 Å². The maximum Gasteiger partial charge on any atom is 0.231 e. The van der Waals surface area contributed by atoms with Gasteiger partial charge in [0.1, 0.15) is 5.60 Å². The van der Waals surface area contributed by atoms with Crippen molar-refractivity contribution in [3.8, 4) is 0 Å². The molecule has 33 heavy (non-hydrogen) atoms. The Kier molecular flexibility index (Phi) is 4.49. The van der Waals surface area contributed by atoms with Gasteiger partial charge in [-0.2, -0.15) is 0 Å². The summed E-state index contributed by atoms with van der Waals surface area (Å²) < 4.78 is 6.28. The monoisotopic (exact) mass is 441 g/mol. The highest BCUT2D eigenvalue weighted by Crippen LogP contribution is 2.52. The smallest absolute Gasteiger partial charge is 0.231 e. The van der Waals surface area contributed by atoms with Crippen LogP contribution in [0.15, 0.2) is 60.8 Å². The fraction of sp³-hybridized carbons (Fsp3) is 0.333. The Morgan fingerprint density at radius 3 is 2.97 bits per heavy atom. The Morgan fingerprint density at radius 1 is 1.24 bits per heavy atom. The minimum atomic E-state index is -0.689. The van der Waals surface area contributed by atoms with Crippen molar-refractivity contribution in [3.05, 3.63) is 77.5 Å². The molecule has 4 heterocycles. The van der Waals surface area contributed by atoms with Crippen molar-refractivity contribution in [3.63, 3.8) is 0 Å². The number of nitrogens with one attached hydrogen (secondary N) is 2. The number of hydrogen-bond donors (Lipinski definition) is 2. The van der Waals surface area contributed by atoms with Crippen LogP contribution in [0.4, 0.5) is 5.69 Å². The van der Waals surface area contributed by atoms with Crippen LogP contribution < -0.4 is 5.32 Å². The molecule has 1 spiro atoms. The van der Waals surface area contributed by atoms with Crippen LogP contribution in [0.1, 0.15) is 16.7 Å². The van der Waals surface area contributed by atoms with Crippen molar-refractivity contribution in [1.82, 2.24) is 9.88 Å². The largest absolute Gasteiger partial charge is 0.361 e. The zero-order valence-electron chi connectivity index (χ0n) is 18.8. The van der Waals surface area contributed by atoms with Crippen LogP contribution in [-0.4, -0.2) is 46.5 Å². The average Bonchev–Trinajstić information content (AvgIpc) is 3.54. The third kappa shape index (κ3) is 3.12. The lowest BCUT2D eigenvalue weighted by atomic mass is 9.76. The lowest BCUT2D eigenvalue weighted by molar-refractivity contribution is -0.135. The van der Waals surface area contributed by atoms with Crippen LogP contribution in [0, 0.1) is 25.7 Å². The minimum absolute atomic E-state index is 0.0165. The SMILES string of the molecule is Cc1ccc(C)c(NC(=O)[C@@H]2[C@H]3C=C[C@@]4(CN(CCc5c[nH]c6ccccc56)C(=O)[C@@H]24)O3)c1. The predicted octanol–water partition coefficient (Wildman–Crippen LogP) is 3.75. The van der Waals surface area contributed by atoms with Crippen LogP contribution in [0.2, 0.25) is 0 Å². The van der Waals surface area contributed by atoms with E-state index in [2.05, 4.69) is 22.4 Å². The molecule has 3 aliphatic heterocycles. The lowest BCUT2D eigenvalue weighted by Crippen LogP contribution is -2.41. The van der Waals surface area contributed by atoms with Gasteiger partial charge in [0.05, 0.1) is 24.5 Å². The summed E-state index contributed by atoms with van der Waals surface area (Å²) in [4.78, 5) is 32.0. The highest BCUT2D eigenvalue weighted by atomic mass is 16.5. The zero-order chi connectivity index (χ0) is 22.7. The van der Waals surface area contributed by atoms with Crippen LogP contribution >= 0.6 is 0 Å². The maximum absolute atomic E-state index is 13.5. The van der Waals surface area contributed by atoms with Gasteiger partial charge in [-0.25, -0.2) is 0 Å². The Hall–Kier alpha value is -3.38. The minimum Gasteiger partial charge on any atom is -0.361 e. The van der Waals surface area contributed by atoms with Gasteiger partial charge in [0.2, 0.25) is 11.8 Å². The number of H-pyrrole nitrogens is 1. The van der Waals surface area contributed by atoms with E-state index in [0.29, 0.717) is 13.1 Å². The van der Waals surface area contributed by atoms with E-state index < -0.39 is 17.4 Å². The fourth-order valence-electron chi connectivity index (χ4n) is 5.75. The van der Waals surface area contributed by atoms with E-state index in [1.54, 1.807) is 0 Å². The Bertz CT molecular complexity index is 1310. The summed E-state index contributed by atoms with van der Waals surface area (Å²) in [5.74, 6) is -1.11. The molecule has 0 radical (unpaired) electrons. The summed E-state index contributed by atoms with van der Waals surface area (Å²) in [5, 5.41) is 4.25. The Balaban J connectivity index is 1.21. The van der Waals surface area contributed by atoms with Crippen molar-refractivity contribution in [2.45, 2.75) is 32.0 Å². The number of carbonyl (C=O) groups excluding carboxylic acids is 2. The Labute approximate surface area is 192 Å². The number of aromatic amines is 1. The van der Waals surface area contributed by atoms with E-state index in [0.717, 1.165) is 28.8 Å². The van der Waals surface area contributed by atoms with Gasteiger partial charge in [-0.1, -0.05) is 42.5 Å². The molecule has 2 bridgehead atoms. The van der Waals surface area contributed by atoms with Crippen molar-refractivity contribution < 1.29 is 14.3 Å². The van der Waals surface area contributed by atoms with Gasteiger partial charge in [0.15, 0.2) is 0 Å². The normalized spacial score (nSPS) is 27.5. The number of aryl methyl sites for hydroxylation is 2. The Morgan fingerprint density at radius 2 is 2.09 bits per heavy atom. The number of rotatable bonds is 5. The van der Waals surface area contributed by atoms with Crippen molar-refractivity contribution >= 4 is 28.4 Å². The molecule has 168 valence electrons. The molecule has 2 fully saturated rings. The number of benzene rings is 2. The highest BCUT2D eigenvalue weighted by Gasteiger charge is 2.66. The average molecular weight is 442 g/mol. The van der Waals surface area contributed by atoms with E-state index in [1.807, 2.05) is 67.4 Å². The summed E-state index contributed by atoms with van der Waals surface area (Å²) in [6.45, 7) is 5.08. The first-order valence-corrected chi connectivity index (χ1v) is 11.5. The third-order valence-electron chi connectivity index (χ3n) is 7.46. The molecule has 0 saturated carbocycles. The summed E-state index contributed by atoms with van der Waals surface area (Å²) in [5.41, 5.74) is 4.48. The number of amides is 2. The van der Waals surface area contributed by atoms with Crippen molar-refractivity contribution in [1.29, 1.82) is 0 Å². The second-order valence-corrected chi connectivity index (χ2v) is 9.58. The van der Waals surface area contributed by atoms with Crippen LogP contribution in [-0.2, 0) is 20.7 Å². The van der Waals surface area contributed by atoms with Gasteiger partial charge in [-0.05, 0) is 49.1 Å². The first-order chi connectivity index (χ1) is 15.9. The molecule has 6 rings (SSSR count). The molecule has 3 aliphatic rings. The van der Waals surface area contributed by atoms with E-state index in [4.69, 9.17) is 4.74 Å². The first kappa shape index (κ1) is 20.2. The summed E-state index contributed by atoms with van der Waals surface area (Å²) in [7, 11) is 0. The number of aromatic nitrogens is 1. The molecule has 6 nitrogen and oxygen atoms in total. The zero-order valence-corrected chi connectivity index (χ0v) is 18.8. The molecule has 3 aromatic rings. The van der Waals surface area contributed by atoms with Gasteiger partial charge < -0.3 is 19.9 Å². The van der Waals surface area contributed by atoms with Gasteiger partial charge in [0, 0.05) is 29.3 Å². The number of carbonyl (C=O) groups is 2. The van der Waals surface area contributed by atoms with Crippen molar-refractivity contribution in [2.24, 2.45) is 11.8 Å². The number of fused-ring (bicyclic) bond motifs is 2. The van der Waals surface area contributed by atoms with Crippen molar-refractivity contribution in [2.75, 3.05) is 18.4 Å². The van der Waals surface area contributed by atoms with E-state index >= 15 is 0 Å². The summed E-state index contributed by atoms with van der Waals surface area (Å²) in [6.07, 6.45) is 6.39. The molecule has 6 heteroatoms.